The van der Waals surface area contributed by atoms with Gasteiger partial charge in [-0.25, -0.2) is 13.1 Å². The molecule has 1 atom stereocenters. The number of aromatic nitrogens is 1. The highest BCUT2D eigenvalue weighted by atomic mass is 32.2. The van der Waals surface area contributed by atoms with Gasteiger partial charge in [0.05, 0.1) is 6.54 Å². The van der Waals surface area contributed by atoms with E-state index in [1.54, 1.807) is 18.5 Å². The summed E-state index contributed by atoms with van der Waals surface area (Å²) in [5, 5.41) is 3.17. The van der Waals surface area contributed by atoms with Crippen LogP contribution in [0, 0.1) is 0 Å². The summed E-state index contributed by atoms with van der Waals surface area (Å²) < 4.78 is 30.6. The van der Waals surface area contributed by atoms with E-state index >= 15 is 0 Å². The first-order chi connectivity index (χ1) is 9.53. The molecule has 6 nitrogen and oxygen atoms in total. The Labute approximate surface area is 118 Å². The molecule has 0 spiro atoms. The highest BCUT2D eigenvalue weighted by Crippen LogP contribution is 2.15. The zero-order chi connectivity index (χ0) is 14.6. The third kappa shape index (κ3) is 3.44. The van der Waals surface area contributed by atoms with Crippen LogP contribution in [0.25, 0.3) is 0 Å². The number of hydrogen-bond donors (Lipinski definition) is 2. The molecular formula is C13H17N3O3S. The number of rotatable bonds is 6. The second-order valence-electron chi connectivity index (χ2n) is 4.32. The van der Waals surface area contributed by atoms with Gasteiger partial charge >= 0.3 is 0 Å². The van der Waals surface area contributed by atoms with Crippen LogP contribution in [-0.2, 0) is 16.6 Å². The molecule has 7 heteroatoms. The second-order valence-corrected chi connectivity index (χ2v) is 6.13. The fourth-order valence-corrected chi connectivity index (χ4v) is 2.37. The quantitative estimate of drug-likeness (QED) is 0.842. The third-order valence-electron chi connectivity index (χ3n) is 2.94. The number of sulfonamides is 1. The van der Waals surface area contributed by atoms with Gasteiger partial charge in [-0.3, -0.25) is 4.98 Å². The van der Waals surface area contributed by atoms with E-state index in [1.807, 2.05) is 19.1 Å². The zero-order valence-corrected chi connectivity index (χ0v) is 12.1. The Hall–Kier alpha value is -1.70. The molecule has 0 fully saturated rings. The normalized spacial score (nSPS) is 13.3. The van der Waals surface area contributed by atoms with Crippen LogP contribution in [0.1, 0.15) is 24.3 Å². The van der Waals surface area contributed by atoms with E-state index in [-0.39, 0.29) is 11.1 Å². The van der Waals surface area contributed by atoms with Crippen molar-refractivity contribution in [3.63, 3.8) is 0 Å². The molecular weight excluding hydrogens is 278 g/mol. The average molecular weight is 295 g/mol. The molecule has 2 aromatic rings. The molecule has 20 heavy (non-hydrogen) atoms. The van der Waals surface area contributed by atoms with Gasteiger partial charge in [0.2, 0.25) is 5.09 Å². The van der Waals surface area contributed by atoms with Crippen LogP contribution in [0.4, 0.5) is 0 Å². The molecule has 0 saturated carbocycles. The predicted molar refractivity (Wildman–Crippen MR) is 74.4 cm³/mol. The zero-order valence-electron chi connectivity index (χ0n) is 11.3. The summed E-state index contributed by atoms with van der Waals surface area (Å²) in [6, 6.07) is 7.03. The summed E-state index contributed by atoms with van der Waals surface area (Å²) in [7, 11) is -2.18. The molecule has 2 aromatic heterocycles. The van der Waals surface area contributed by atoms with Gasteiger partial charge in [0.15, 0.2) is 0 Å². The molecule has 0 amide bonds. The van der Waals surface area contributed by atoms with Gasteiger partial charge in [0.25, 0.3) is 10.0 Å². The number of furan rings is 1. The van der Waals surface area contributed by atoms with Gasteiger partial charge in [-0.2, -0.15) is 0 Å². The molecule has 108 valence electrons. The SMILES string of the molecule is CNS(=O)(=O)c1ccc(CN[C@H](C)c2cccnc2)o1. The number of nitrogens with one attached hydrogen (secondary N) is 2. The lowest BCUT2D eigenvalue weighted by Gasteiger charge is -2.12. The lowest BCUT2D eigenvalue weighted by Crippen LogP contribution is -2.18. The van der Waals surface area contributed by atoms with Crippen molar-refractivity contribution in [1.29, 1.82) is 0 Å². The predicted octanol–water partition coefficient (Wildman–Crippen LogP) is 1.43. The maximum absolute atomic E-state index is 11.5. The molecule has 0 radical (unpaired) electrons. The molecule has 0 unspecified atom stereocenters. The minimum Gasteiger partial charge on any atom is -0.447 e. The van der Waals surface area contributed by atoms with Crippen molar-refractivity contribution >= 4 is 10.0 Å². The van der Waals surface area contributed by atoms with Gasteiger partial charge in [0.1, 0.15) is 5.76 Å². The van der Waals surface area contributed by atoms with Gasteiger partial charge in [0, 0.05) is 18.4 Å². The number of hydrogen-bond acceptors (Lipinski definition) is 5. The molecule has 0 bridgehead atoms. The largest absolute Gasteiger partial charge is 0.447 e. The van der Waals surface area contributed by atoms with E-state index in [0.717, 1.165) is 5.56 Å². The first-order valence-electron chi connectivity index (χ1n) is 6.18. The van der Waals surface area contributed by atoms with Crippen molar-refractivity contribution in [2.45, 2.75) is 24.6 Å². The smallest absolute Gasteiger partial charge is 0.273 e. The Bertz CT molecular complexity index is 653. The van der Waals surface area contributed by atoms with Crippen molar-refractivity contribution in [3.8, 4) is 0 Å². The fraction of sp³-hybridized carbons (Fsp3) is 0.308. The molecule has 0 aliphatic carbocycles. The van der Waals surface area contributed by atoms with Crippen LogP contribution in [0.2, 0.25) is 0 Å². The van der Waals surface area contributed by atoms with Crippen LogP contribution in [0.5, 0.6) is 0 Å². The van der Waals surface area contributed by atoms with Crippen LogP contribution >= 0.6 is 0 Å². The molecule has 2 rings (SSSR count). The van der Waals surface area contributed by atoms with Crippen LogP contribution in [-0.4, -0.2) is 20.4 Å². The summed E-state index contributed by atoms with van der Waals surface area (Å²) >= 11 is 0. The first kappa shape index (κ1) is 14.7. The maximum Gasteiger partial charge on any atom is 0.273 e. The van der Waals surface area contributed by atoms with E-state index in [2.05, 4.69) is 15.0 Å². The highest BCUT2D eigenvalue weighted by Gasteiger charge is 2.16. The molecule has 0 aliphatic rings. The Morgan fingerprint density at radius 2 is 2.15 bits per heavy atom. The lowest BCUT2D eigenvalue weighted by atomic mass is 10.1. The van der Waals surface area contributed by atoms with E-state index < -0.39 is 10.0 Å². The average Bonchev–Trinajstić information content (AvgIpc) is 2.95. The van der Waals surface area contributed by atoms with Crippen molar-refractivity contribution in [1.82, 2.24) is 15.0 Å². The van der Waals surface area contributed by atoms with Crippen molar-refractivity contribution in [2.75, 3.05) is 7.05 Å². The summed E-state index contributed by atoms with van der Waals surface area (Å²) in [6.07, 6.45) is 3.51. The number of pyridine rings is 1. The summed E-state index contributed by atoms with van der Waals surface area (Å²) in [4.78, 5) is 4.06. The molecule has 2 heterocycles. The highest BCUT2D eigenvalue weighted by molar-refractivity contribution is 7.89. The Morgan fingerprint density at radius 1 is 1.35 bits per heavy atom. The fourth-order valence-electron chi connectivity index (χ4n) is 1.70. The van der Waals surface area contributed by atoms with E-state index in [4.69, 9.17) is 4.42 Å². The third-order valence-corrected chi connectivity index (χ3v) is 4.22. The number of nitrogens with zero attached hydrogens (tertiary/aromatic N) is 1. The van der Waals surface area contributed by atoms with Crippen LogP contribution in [0.3, 0.4) is 0 Å². The lowest BCUT2D eigenvalue weighted by molar-refractivity contribution is 0.392. The van der Waals surface area contributed by atoms with Crippen LogP contribution < -0.4 is 10.0 Å². The standard InChI is InChI=1S/C13H17N3O3S/c1-10(11-4-3-7-15-8-11)16-9-12-5-6-13(19-12)20(17,18)14-2/h3-8,10,14,16H,9H2,1-2H3/t10-/m1/s1. The first-order valence-corrected chi connectivity index (χ1v) is 7.67. The van der Waals surface area contributed by atoms with E-state index in [9.17, 15) is 8.42 Å². The Morgan fingerprint density at radius 3 is 2.80 bits per heavy atom. The Kier molecular flexibility index (Phi) is 4.53. The van der Waals surface area contributed by atoms with E-state index in [0.29, 0.717) is 12.3 Å². The summed E-state index contributed by atoms with van der Waals surface area (Å²) in [6.45, 7) is 2.44. The van der Waals surface area contributed by atoms with Crippen LogP contribution in [0.15, 0.2) is 46.2 Å². The van der Waals surface area contributed by atoms with Crippen molar-refractivity contribution in [3.05, 3.63) is 48.0 Å². The molecule has 0 saturated heterocycles. The topological polar surface area (TPSA) is 84.2 Å². The summed E-state index contributed by atoms with van der Waals surface area (Å²) in [5.74, 6) is 0.564. The molecule has 0 aliphatic heterocycles. The van der Waals surface area contributed by atoms with E-state index in [1.165, 1.54) is 13.1 Å². The van der Waals surface area contributed by atoms with Gasteiger partial charge in [-0.05, 0) is 37.7 Å². The Balaban J connectivity index is 1.99. The van der Waals surface area contributed by atoms with Gasteiger partial charge in [-0.15, -0.1) is 0 Å². The summed E-state index contributed by atoms with van der Waals surface area (Å²) in [5.41, 5.74) is 1.06. The monoisotopic (exact) mass is 295 g/mol. The maximum atomic E-state index is 11.5. The second kappa shape index (κ2) is 6.17. The minimum absolute atomic E-state index is 0.0779. The van der Waals surface area contributed by atoms with Gasteiger partial charge < -0.3 is 9.73 Å². The molecule has 0 aromatic carbocycles. The van der Waals surface area contributed by atoms with Crippen molar-refractivity contribution in [2.24, 2.45) is 0 Å². The minimum atomic E-state index is -3.52. The van der Waals surface area contributed by atoms with Gasteiger partial charge in [-0.1, -0.05) is 6.07 Å². The molecule has 2 N–H and O–H groups in total. The van der Waals surface area contributed by atoms with Crippen molar-refractivity contribution < 1.29 is 12.8 Å².